The third kappa shape index (κ3) is 3.52. The third-order valence-corrected chi connectivity index (χ3v) is 3.92. The van der Waals surface area contributed by atoms with Crippen molar-refractivity contribution in [3.05, 3.63) is 53.6 Å². The fourth-order valence-electron chi connectivity index (χ4n) is 2.66. The average Bonchev–Trinajstić information content (AvgIpc) is 3.02. The monoisotopic (exact) mass is 315 g/mol. The molecule has 1 heterocycles. The number of rotatable bonds is 3. The van der Waals surface area contributed by atoms with E-state index in [-0.39, 0.29) is 6.03 Å². The van der Waals surface area contributed by atoms with Crippen LogP contribution in [0.5, 0.6) is 0 Å². The van der Waals surface area contributed by atoms with Crippen LogP contribution in [-0.4, -0.2) is 19.1 Å². The smallest absolute Gasteiger partial charge is 0.323 e. The lowest BCUT2D eigenvalue weighted by Crippen LogP contribution is -2.23. The molecular formula is C17H18ClN3O. The molecule has 2 aromatic carbocycles. The Morgan fingerprint density at radius 2 is 1.77 bits per heavy atom. The van der Waals surface area contributed by atoms with Gasteiger partial charge in [0.2, 0.25) is 0 Å². The van der Waals surface area contributed by atoms with Gasteiger partial charge in [0.1, 0.15) is 0 Å². The third-order valence-electron chi connectivity index (χ3n) is 3.68. The number of nitrogens with one attached hydrogen (secondary N) is 2. The van der Waals surface area contributed by atoms with Gasteiger partial charge < -0.3 is 15.5 Å². The molecule has 0 bridgehead atoms. The van der Waals surface area contributed by atoms with E-state index >= 15 is 0 Å². The maximum absolute atomic E-state index is 12.2. The quantitative estimate of drug-likeness (QED) is 0.870. The summed E-state index contributed by atoms with van der Waals surface area (Å²) in [4.78, 5) is 14.5. The second kappa shape index (κ2) is 6.71. The van der Waals surface area contributed by atoms with Gasteiger partial charge in [0.25, 0.3) is 0 Å². The largest absolute Gasteiger partial charge is 0.370 e. The van der Waals surface area contributed by atoms with Crippen molar-refractivity contribution in [3.63, 3.8) is 0 Å². The molecule has 1 saturated heterocycles. The molecule has 114 valence electrons. The Kier molecular flexibility index (Phi) is 4.49. The van der Waals surface area contributed by atoms with Crippen molar-refractivity contribution in [2.24, 2.45) is 0 Å². The highest BCUT2D eigenvalue weighted by molar-refractivity contribution is 6.30. The van der Waals surface area contributed by atoms with E-state index in [4.69, 9.17) is 11.6 Å². The Labute approximate surface area is 135 Å². The second-order valence-electron chi connectivity index (χ2n) is 5.30. The van der Waals surface area contributed by atoms with Crippen LogP contribution in [0.4, 0.5) is 21.9 Å². The first kappa shape index (κ1) is 14.7. The van der Waals surface area contributed by atoms with E-state index in [1.54, 1.807) is 24.3 Å². The average molecular weight is 316 g/mol. The zero-order valence-electron chi connectivity index (χ0n) is 12.2. The standard InChI is InChI=1S/C17H18ClN3O/c18-13-6-5-7-14(12-13)19-17(22)20-15-8-1-2-9-16(15)21-10-3-4-11-21/h1-2,5-9,12H,3-4,10-11H2,(H2,19,20,22). The van der Waals surface area contributed by atoms with Crippen molar-refractivity contribution in [1.82, 2.24) is 0 Å². The number of nitrogens with zero attached hydrogens (tertiary/aromatic N) is 1. The van der Waals surface area contributed by atoms with E-state index < -0.39 is 0 Å². The van der Waals surface area contributed by atoms with Gasteiger partial charge in [0, 0.05) is 23.8 Å². The molecule has 0 aromatic heterocycles. The zero-order valence-corrected chi connectivity index (χ0v) is 12.9. The predicted octanol–water partition coefficient (Wildman–Crippen LogP) is 4.58. The molecular weight excluding hydrogens is 298 g/mol. The molecule has 4 nitrogen and oxygen atoms in total. The number of hydrogen-bond donors (Lipinski definition) is 2. The molecule has 1 aliphatic heterocycles. The molecule has 0 spiro atoms. The molecule has 1 fully saturated rings. The van der Waals surface area contributed by atoms with Crippen molar-refractivity contribution >= 4 is 34.7 Å². The first-order valence-corrected chi connectivity index (χ1v) is 7.78. The number of carbonyl (C=O) groups excluding carboxylic acids is 1. The van der Waals surface area contributed by atoms with Crippen LogP contribution in [-0.2, 0) is 0 Å². The van der Waals surface area contributed by atoms with E-state index in [1.807, 2.05) is 24.3 Å². The minimum atomic E-state index is -0.270. The Morgan fingerprint density at radius 3 is 2.55 bits per heavy atom. The number of halogens is 1. The van der Waals surface area contributed by atoms with Gasteiger partial charge >= 0.3 is 6.03 Å². The fraction of sp³-hybridized carbons (Fsp3) is 0.235. The summed E-state index contributed by atoms with van der Waals surface area (Å²) in [6, 6.07) is 14.7. The van der Waals surface area contributed by atoms with Crippen molar-refractivity contribution in [1.29, 1.82) is 0 Å². The molecule has 2 amide bonds. The number of para-hydroxylation sites is 2. The summed E-state index contributed by atoms with van der Waals surface area (Å²) < 4.78 is 0. The van der Waals surface area contributed by atoms with Crippen LogP contribution < -0.4 is 15.5 Å². The van der Waals surface area contributed by atoms with E-state index in [2.05, 4.69) is 15.5 Å². The van der Waals surface area contributed by atoms with Crippen LogP contribution in [0.3, 0.4) is 0 Å². The van der Waals surface area contributed by atoms with Gasteiger partial charge in [-0.15, -0.1) is 0 Å². The normalized spacial score (nSPS) is 14.0. The van der Waals surface area contributed by atoms with Gasteiger partial charge in [0.05, 0.1) is 11.4 Å². The molecule has 0 unspecified atom stereocenters. The molecule has 0 saturated carbocycles. The number of anilines is 3. The van der Waals surface area contributed by atoms with Gasteiger partial charge in [-0.2, -0.15) is 0 Å². The van der Waals surface area contributed by atoms with Gasteiger partial charge in [-0.05, 0) is 43.2 Å². The van der Waals surface area contributed by atoms with Crippen molar-refractivity contribution < 1.29 is 4.79 Å². The first-order chi connectivity index (χ1) is 10.7. The van der Waals surface area contributed by atoms with Gasteiger partial charge in [-0.1, -0.05) is 29.8 Å². The van der Waals surface area contributed by atoms with Gasteiger partial charge in [-0.25, -0.2) is 4.79 Å². The summed E-state index contributed by atoms with van der Waals surface area (Å²) in [7, 11) is 0. The van der Waals surface area contributed by atoms with E-state index in [0.717, 1.165) is 24.5 Å². The first-order valence-electron chi connectivity index (χ1n) is 7.40. The fourth-order valence-corrected chi connectivity index (χ4v) is 2.85. The van der Waals surface area contributed by atoms with E-state index in [1.165, 1.54) is 12.8 Å². The summed E-state index contributed by atoms with van der Waals surface area (Å²) in [5.74, 6) is 0. The van der Waals surface area contributed by atoms with Crippen molar-refractivity contribution in [2.75, 3.05) is 28.6 Å². The van der Waals surface area contributed by atoms with Crippen LogP contribution in [0.15, 0.2) is 48.5 Å². The number of urea groups is 1. The molecule has 3 rings (SSSR count). The van der Waals surface area contributed by atoms with Crippen LogP contribution >= 0.6 is 11.6 Å². The number of hydrogen-bond acceptors (Lipinski definition) is 2. The molecule has 0 radical (unpaired) electrons. The summed E-state index contributed by atoms with van der Waals surface area (Å²) >= 11 is 5.92. The lowest BCUT2D eigenvalue weighted by atomic mass is 10.2. The molecule has 1 aliphatic rings. The minimum absolute atomic E-state index is 0.270. The molecule has 0 atom stereocenters. The molecule has 5 heteroatoms. The lowest BCUT2D eigenvalue weighted by Gasteiger charge is -2.21. The minimum Gasteiger partial charge on any atom is -0.370 e. The van der Waals surface area contributed by atoms with Crippen molar-refractivity contribution in [2.45, 2.75) is 12.8 Å². The SMILES string of the molecule is O=C(Nc1cccc(Cl)c1)Nc1ccccc1N1CCCC1. The number of amides is 2. The molecule has 2 N–H and O–H groups in total. The molecule has 22 heavy (non-hydrogen) atoms. The highest BCUT2D eigenvalue weighted by atomic mass is 35.5. The number of benzene rings is 2. The number of carbonyl (C=O) groups is 1. The Balaban J connectivity index is 1.71. The predicted molar refractivity (Wildman–Crippen MR) is 92.0 cm³/mol. The van der Waals surface area contributed by atoms with Crippen LogP contribution in [0.1, 0.15) is 12.8 Å². The maximum Gasteiger partial charge on any atom is 0.323 e. The highest BCUT2D eigenvalue weighted by Crippen LogP contribution is 2.28. The summed E-state index contributed by atoms with van der Waals surface area (Å²) in [6.45, 7) is 2.07. The topological polar surface area (TPSA) is 44.4 Å². The van der Waals surface area contributed by atoms with Crippen molar-refractivity contribution in [3.8, 4) is 0 Å². The zero-order chi connectivity index (χ0) is 15.4. The van der Waals surface area contributed by atoms with E-state index in [9.17, 15) is 4.79 Å². The van der Waals surface area contributed by atoms with E-state index in [0.29, 0.717) is 10.7 Å². The summed E-state index contributed by atoms with van der Waals surface area (Å²) in [5.41, 5.74) is 2.56. The Morgan fingerprint density at radius 1 is 1.00 bits per heavy atom. The summed E-state index contributed by atoms with van der Waals surface area (Å²) in [6.07, 6.45) is 2.39. The molecule has 0 aliphatic carbocycles. The van der Waals surface area contributed by atoms with Gasteiger partial charge in [-0.3, -0.25) is 0 Å². The summed E-state index contributed by atoms with van der Waals surface area (Å²) in [5, 5.41) is 6.31. The second-order valence-corrected chi connectivity index (χ2v) is 5.74. The molecule has 2 aromatic rings. The van der Waals surface area contributed by atoms with Crippen LogP contribution in [0, 0.1) is 0 Å². The van der Waals surface area contributed by atoms with Crippen LogP contribution in [0.2, 0.25) is 5.02 Å². The van der Waals surface area contributed by atoms with Gasteiger partial charge in [0.15, 0.2) is 0 Å². The Bertz CT molecular complexity index is 668. The maximum atomic E-state index is 12.2. The lowest BCUT2D eigenvalue weighted by molar-refractivity contribution is 0.262. The highest BCUT2D eigenvalue weighted by Gasteiger charge is 2.16. The van der Waals surface area contributed by atoms with Crippen LogP contribution in [0.25, 0.3) is 0 Å². The Hall–Kier alpha value is -2.20.